The molecule has 0 radical (unpaired) electrons. The molecule has 0 bridgehead atoms. The van der Waals surface area contributed by atoms with Crippen LogP contribution in [0.2, 0.25) is 0 Å². The zero-order valence-corrected chi connectivity index (χ0v) is 10.1. The molecule has 0 heterocycles. The molecule has 1 aliphatic rings. The van der Waals surface area contributed by atoms with E-state index in [0.29, 0.717) is 6.04 Å². The normalized spacial score (nSPS) is 20.1. The van der Waals surface area contributed by atoms with Gasteiger partial charge in [-0.1, -0.05) is 19.3 Å². The second-order valence-electron chi connectivity index (χ2n) is 4.19. The van der Waals surface area contributed by atoms with Gasteiger partial charge in [-0.25, -0.2) is 0 Å². The van der Waals surface area contributed by atoms with E-state index >= 15 is 0 Å². The van der Waals surface area contributed by atoms with E-state index in [0.717, 1.165) is 17.6 Å². The molecule has 0 spiro atoms. The lowest BCUT2D eigenvalue weighted by molar-refractivity contribution is 0.301. The average Bonchev–Trinajstić information content (AvgIpc) is 2.19. The molecular weight excluding hydrogens is 192 g/mol. The monoisotopic (exact) mass is 214 g/mol. The minimum Gasteiger partial charge on any atom is -0.363 e. The fraction of sp³-hybridized carbons (Fsp3) is 0.909. The highest BCUT2D eigenvalue weighted by atomic mass is 32.1. The van der Waals surface area contributed by atoms with Gasteiger partial charge in [-0.15, -0.1) is 0 Å². The fourth-order valence-electron chi connectivity index (χ4n) is 2.17. The fourth-order valence-corrected chi connectivity index (χ4v) is 2.50. The molecule has 82 valence electrons. The molecule has 1 fully saturated rings. The summed E-state index contributed by atoms with van der Waals surface area (Å²) in [5.41, 5.74) is 0. The van der Waals surface area contributed by atoms with E-state index in [1.807, 2.05) is 0 Å². The number of rotatable bonds is 3. The first-order valence-corrected chi connectivity index (χ1v) is 6.19. The molecule has 1 aliphatic carbocycles. The van der Waals surface area contributed by atoms with Crippen molar-refractivity contribution < 1.29 is 0 Å². The maximum Gasteiger partial charge on any atom is 0.166 e. The molecule has 0 aliphatic heterocycles. The highest BCUT2D eigenvalue weighted by Gasteiger charge is 2.20. The Morgan fingerprint density at radius 2 is 2.00 bits per heavy atom. The molecule has 0 aromatic rings. The molecule has 1 atom stereocenters. The predicted molar refractivity (Wildman–Crippen MR) is 65.4 cm³/mol. The van der Waals surface area contributed by atoms with Gasteiger partial charge in [-0.2, -0.15) is 0 Å². The highest BCUT2D eigenvalue weighted by Crippen LogP contribution is 2.26. The average molecular weight is 214 g/mol. The van der Waals surface area contributed by atoms with Gasteiger partial charge < -0.3 is 10.6 Å². The topological polar surface area (TPSA) is 24.1 Å². The number of thiocarbonyl (C=S) groups is 1. The van der Waals surface area contributed by atoms with E-state index in [4.69, 9.17) is 12.2 Å². The summed E-state index contributed by atoms with van der Waals surface area (Å²) in [6.07, 6.45) is 6.93. The van der Waals surface area contributed by atoms with Crippen molar-refractivity contribution in [3.05, 3.63) is 0 Å². The van der Waals surface area contributed by atoms with Gasteiger partial charge in [-0.05, 0) is 44.8 Å². The van der Waals surface area contributed by atoms with E-state index in [2.05, 4.69) is 24.5 Å². The predicted octanol–water partition coefficient (Wildman–Crippen LogP) is 2.44. The van der Waals surface area contributed by atoms with Crippen molar-refractivity contribution in [2.24, 2.45) is 5.92 Å². The lowest BCUT2D eigenvalue weighted by Gasteiger charge is -2.29. The van der Waals surface area contributed by atoms with Crippen molar-refractivity contribution in [1.82, 2.24) is 10.6 Å². The van der Waals surface area contributed by atoms with Crippen LogP contribution in [-0.4, -0.2) is 17.7 Å². The first kappa shape index (κ1) is 11.8. The Morgan fingerprint density at radius 1 is 1.36 bits per heavy atom. The maximum atomic E-state index is 5.18. The summed E-state index contributed by atoms with van der Waals surface area (Å²) in [7, 11) is 0. The molecule has 0 aromatic carbocycles. The quantitative estimate of drug-likeness (QED) is 0.706. The van der Waals surface area contributed by atoms with Gasteiger partial charge in [0.25, 0.3) is 0 Å². The number of hydrogen-bond acceptors (Lipinski definition) is 1. The Labute approximate surface area is 92.8 Å². The van der Waals surface area contributed by atoms with Crippen molar-refractivity contribution in [3.63, 3.8) is 0 Å². The third-order valence-corrected chi connectivity index (χ3v) is 3.32. The molecule has 0 saturated heterocycles. The zero-order chi connectivity index (χ0) is 10.4. The third kappa shape index (κ3) is 3.82. The van der Waals surface area contributed by atoms with Crippen LogP contribution in [0.15, 0.2) is 0 Å². The van der Waals surface area contributed by atoms with Gasteiger partial charge >= 0.3 is 0 Å². The summed E-state index contributed by atoms with van der Waals surface area (Å²) < 4.78 is 0. The van der Waals surface area contributed by atoms with Crippen LogP contribution in [0, 0.1) is 5.92 Å². The van der Waals surface area contributed by atoms with Gasteiger partial charge in [0, 0.05) is 12.6 Å². The molecule has 1 unspecified atom stereocenters. The molecule has 2 N–H and O–H groups in total. The van der Waals surface area contributed by atoms with Crippen LogP contribution < -0.4 is 10.6 Å². The molecule has 14 heavy (non-hydrogen) atoms. The van der Waals surface area contributed by atoms with Crippen LogP contribution in [0.3, 0.4) is 0 Å². The van der Waals surface area contributed by atoms with E-state index in [1.54, 1.807) is 0 Å². The standard InChI is InChI=1S/C11H22N2S/c1-3-12-11(14)13-9(2)10-7-5-4-6-8-10/h9-10H,3-8H2,1-2H3,(H2,12,13,14). The van der Waals surface area contributed by atoms with E-state index < -0.39 is 0 Å². The van der Waals surface area contributed by atoms with Crippen LogP contribution in [0.1, 0.15) is 46.0 Å². The van der Waals surface area contributed by atoms with Crippen LogP contribution in [-0.2, 0) is 0 Å². The van der Waals surface area contributed by atoms with Crippen molar-refractivity contribution in [1.29, 1.82) is 0 Å². The van der Waals surface area contributed by atoms with Crippen molar-refractivity contribution in [2.75, 3.05) is 6.54 Å². The van der Waals surface area contributed by atoms with Gasteiger partial charge in [-0.3, -0.25) is 0 Å². The summed E-state index contributed by atoms with van der Waals surface area (Å²) in [6.45, 7) is 5.22. The Bertz CT molecular complexity index is 176. The van der Waals surface area contributed by atoms with Gasteiger partial charge in [0.15, 0.2) is 5.11 Å². The van der Waals surface area contributed by atoms with Gasteiger partial charge in [0.2, 0.25) is 0 Å². The van der Waals surface area contributed by atoms with E-state index in [-0.39, 0.29) is 0 Å². The van der Waals surface area contributed by atoms with Crippen molar-refractivity contribution in [2.45, 2.75) is 52.0 Å². The van der Waals surface area contributed by atoms with Crippen molar-refractivity contribution in [3.8, 4) is 0 Å². The summed E-state index contributed by atoms with van der Waals surface area (Å²) in [5.74, 6) is 0.820. The summed E-state index contributed by atoms with van der Waals surface area (Å²) in [6, 6.07) is 0.529. The van der Waals surface area contributed by atoms with Crippen LogP contribution in [0.4, 0.5) is 0 Å². The van der Waals surface area contributed by atoms with Crippen molar-refractivity contribution >= 4 is 17.3 Å². The summed E-state index contributed by atoms with van der Waals surface area (Å²) >= 11 is 5.18. The Hall–Kier alpha value is -0.310. The third-order valence-electron chi connectivity index (χ3n) is 3.05. The summed E-state index contributed by atoms with van der Waals surface area (Å²) in [5, 5.41) is 7.32. The number of nitrogens with one attached hydrogen (secondary N) is 2. The molecular formula is C11H22N2S. The molecule has 3 heteroatoms. The van der Waals surface area contributed by atoms with Gasteiger partial charge in [0.1, 0.15) is 0 Å². The maximum absolute atomic E-state index is 5.18. The van der Waals surface area contributed by atoms with E-state index in [9.17, 15) is 0 Å². The van der Waals surface area contributed by atoms with E-state index in [1.165, 1.54) is 32.1 Å². The molecule has 0 aromatic heterocycles. The first-order chi connectivity index (χ1) is 6.74. The molecule has 0 amide bonds. The molecule has 1 rings (SSSR count). The van der Waals surface area contributed by atoms with Crippen LogP contribution in [0.5, 0.6) is 0 Å². The Kier molecular flexibility index (Phi) is 5.23. The number of hydrogen-bond donors (Lipinski definition) is 2. The van der Waals surface area contributed by atoms with Crippen LogP contribution in [0.25, 0.3) is 0 Å². The zero-order valence-electron chi connectivity index (χ0n) is 9.31. The smallest absolute Gasteiger partial charge is 0.166 e. The second kappa shape index (κ2) is 6.23. The largest absolute Gasteiger partial charge is 0.363 e. The SMILES string of the molecule is CCNC(=S)NC(C)C1CCCCC1. The second-order valence-corrected chi connectivity index (χ2v) is 4.60. The highest BCUT2D eigenvalue weighted by molar-refractivity contribution is 7.80. The van der Waals surface area contributed by atoms with Crippen LogP contribution >= 0.6 is 12.2 Å². The summed E-state index contributed by atoms with van der Waals surface area (Å²) in [4.78, 5) is 0. The Balaban J connectivity index is 2.25. The molecule has 2 nitrogen and oxygen atoms in total. The minimum atomic E-state index is 0.529. The first-order valence-electron chi connectivity index (χ1n) is 5.78. The van der Waals surface area contributed by atoms with Gasteiger partial charge in [0.05, 0.1) is 0 Å². The molecule has 1 saturated carbocycles. The Morgan fingerprint density at radius 3 is 2.57 bits per heavy atom. The lowest BCUT2D eigenvalue weighted by atomic mass is 9.85. The minimum absolute atomic E-state index is 0.529. The lowest BCUT2D eigenvalue weighted by Crippen LogP contribution is -2.44.